The number of amidine groups is 1. The molecule has 0 atom stereocenters. The Morgan fingerprint density at radius 1 is 1.15 bits per heavy atom. The van der Waals surface area contributed by atoms with E-state index in [0.29, 0.717) is 29.4 Å². The minimum atomic E-state index is -3.48. The van der Waals surface area contributed by atoms with E-state index in [1.54, 1.807) is 19.4 Å². The van der Waals surface area contributed by atoms with E-state index < -0.39 is 10.0 Å². The monoisotopic (exact) mass is 388 g/mol. The molecule has 5 nitrogen and oxygen atoms in total. The van der Waals surface area contributed by atoms with E-state index in [9.17, 15) is 8.42 Å². The van der Waals surface area contributed by atoms with E-state index in [2.05, 4.69) is 4.40 Å². The van der Waals surface area contributed by atoms with Gasteiger partial charge in [0.25, 0.3) is 10.0 Å². The fourth-order valence-electron chi connectivity index (χ4n) is 3.20. The van der Waals surface area contributed by atoms with Crippen molar-refractivity contribution >= 4 is 43.8 Å². The van der Waals surface area contributed by atoms with Gasteiger partial charge in [-0.15, -0.1) is 4.40 Å². The first kappa shape index (κ1) is 17.1. The van der Waals surface area contributed by atoms with Gasteiger partial charge in [-0.25, -0.2) is 8.42 Å². The minimum Gasteiger partial charge on any atom is -0.497 e. The Balaban J connectivity index is 1.86. The van der Waals surface area contributed by atoms with Gasteiger partial charge >= 0.3 is 0 Å². The summed E-state index contributed by atoms with van der Waals surface area (Å²) >= 11 is 6.29. The van der Waals surface area contributed by atoms with Crippen molar-refractivity contribution in [3.05, 3.63) is 59.3 Å². The maximum Gasteiger partial charge on any atom is 0.255 e. The number of halogens is 1. The molecular weight excluding hydrogens is 372 g/mol. The quantitative estimate of drug-likeness (QED) is 0.786. The zero-order chi connectivity index (χ0) is 18.3. The van der Waals surface area contributed by atoms with Gasteiger partial charge in [0, 0.05) is 18.3 Å². The molecule has 0 saturated carbocycles. The van der Waals surface area contributed by atoms with Crippen LogP contribution < -0.4 is 4.74 Å². The summed E-state index contributed by atoms with van der Waals surface area (Å²) in [5, 5.41) is 2.62. The second-order valence-electron chi connectivity index (χ2n) is 6.25. The molecule has 2 heterocycles. The molecule has 2 aromatic carbocycles. The largest absolute Gasteiger partial charge is 0.497 e. The highest BCUT2D eigenvalue weighted by atomic mass is 35.5. The van der Waals surface area contributed by atoms with Gasteiger partial charge in [-0.05, 0) is 47.0 Å². The third-order valence-corrected chi connectivity index (χ3v) is 5.92. The second-order valence-corrected chi connectivity index (χ2v) is 8.44. The zero-order valence-corrected chi connectivity index (χ0v) is 15.7. The second kappa shape index (κ2) is 6.45. The van der Waals surface area contributed by atoms with Crippen LogP contribution in [0.2, 0.25) is 0 Å². The Labute approximate surface area is 157 Å². The van der Waals surface area contributed by atoms with Crippen molar-refractivity contribution in [2.45, 2.75) is 6.42 Å². The molecule has 2 aliphatic rings. The van der Waals surface area contributed by atoms with Gasteiger partial charge in [0.2, 0.25) is 0 Å². The van der Waals surface area contributed by atoms with Crippen molar-refractivity contribution in [3.63, 3.8) is 0 Å². The fraction of sp³-hybridized carbons (Fsp3) is 0.211. The Bertz CT molecular complexity index is 1090. The normalized spacial score (nSPS) is 19.2. The number of nitrogens with zero attached hydrogens (tertiary/aromatic N) is 2. The van der Waals surface area contributed by atoms with E-state index in [1.165, 1.54) is 0 Å². The van der Waals surface area contributed by atoms with Crippen molar-refractivity contribution in [1.82, 2.24) is 4.90 Å². The van der Waals surface area contributed by atoms with E-state index in [0.717, 1.165) is 22.1 Å². The third kappa shape index (κ3) is 3.22. The minimum absolute atomic E-state index is 0.0449. The summed E-state index contributed by atoms with van der Waals surface area (Å²) in [5.41, 5.74) is 1.58. The lowest BCUT2D eigenvalue weighted by molar-refractivity contribution is 0.415. The molecular formula is C19H17ClN2O3S. The summed E-state index contributed by atoms with van der Waals surface area (Å²) in [6.45, 7) is 0.566. The van der Waals surface area contributed by atoms with Gasteiger partial charge in [-0.3, -0.25) is 0 Å². The molecule has 0 amide bonds. The summed E-state index contributed by atoms with van der Waals surface area (Å²) in [6.07, 6.45) is 4.01. The number of rotatable bonds is 2. The van der Waals surface area contributed by atoms with Crippen LogP contribution in [0.4, 0.5) is 0 Å². The van der Waals surface area contributed by atoms with Crippen molar-refractivity contribution in [3.8, 4) is 5.75 Å². The molecule has 4 rings (SSSR count). The van der Waals surface area contributed by atoms with Crippen molar-refractivity contribution < 1.29 is 13.2 Å². The molecule has 26 heavy (non-hydrogen) atoms. The van der Waals surface area contributed by atoms with Crippen LogP contribution in [0.25, 0.3) is 16.3 Å². The number of hydrogen-bond donors (Lipinski definition) is 0. The summed E-state index contributed by atoms with van der Waals surface area (Å²) < 4.78 is 33.6. The van der Waals surface area contributed by atoms with Gasteiger partial charge in [-0.1, -0.05) is 29.8 Å². The first-order chi connectivity index (χ1) is 12.4. The number of fused-ring (bicyclic) bond motifs is 2. The van der Waals surface area contributed by atoms with Gasteiger partial charge < -0.3 is 9.64 Å². The molecule has 0 spiro atoms. The number of allylic oxidation sites excluding steroid dienone is 2. The SMILES string of the molecule is COc1ccc2cc(C3=CC(Cl)=CN4CCCS(=O)(=O)N=C34)ccc2c1. The first-order valence-electron chi connectivity index (χ1n) is 8.22. The van der Waals surface area contributed by atoms with E-state index >= 15 is 0 Å². The molecule has 0 saturated heterocycles. The number of benzene rings is 2. The standard InChI is InChI=1S/C19H17ClN2O3S/c1-25-17-6-5-13-9-15(4-3-14(13)10-17)18-11-16(20)12-22-7-2-8-26(23,24)21-19(18)22/h3-6,9-12H,2,7-8H2,1H3. The Morgan fingerprint density at radius 3 is 2.73 bits per heavy atom. The van der Waals surface area contributed by atoms with Crippen LogP contribution in [0.3, 0.4) is 0 Å². The highest BCUT2D eigenvalue weighted by molar-refractivity contribution is 7.90. The zero-order valence-electron chi connectivity index (χ0n) is 14.1. The van der Waals surface area contributed by atoms with Crippen molar-refractivity contribution in [2.24, 2.45) is 4.40 Å². The van der Waals surface area contributed by atoms with Crippen LogP contribution >= 0.6 is 11.6 Å². The molecule has 134 valence electrons. The van der Waals surface area contributed by atoms with Crippen LogP contribution in [0.1, 0.15) is 12.0 Å². The average Bonchev–Trinajstić information content (AvgIpc) is 2.77. The molecule has 7 heteroatoms. The molecule has 0 aliphatic carbocycles. The molecule has 0 fully saturated rings. The maximum atomic E-state index is 12.2. The van der Waals surface area contributed by atoms with Crippen LogP contribution in [0.5, 0.6) is 5.75 Å². The lowest BCUT2D eigenvalue weighted by Crippen LogP contribution is -2.29. The smallest absolute Gasteiger partial charge is 0.255 e. The average molecular weight is 389 g/mol. The number of hydrogen-bond acceptors (Lipinski definition) is 4. The van der Waals surface area contributed by atoms with E-state index in [4.69, 9.17) is 16.3 Å². The predicted octanol–water partition coefficient (Wildman–Crippen LogP) is 3.76. The third-order valence-electron chi connectivity index (χ3n) is 4.46. The highest BCUT2D eigenvalue weighted by Gasteiger charge is 2.27. The van der Waals surface area contributed by atoms with Crippen LogP contribution in [-0.4, -0.2) is 38.6 Å². The summed E-state index contributed by atoms with van der Waals surface area (Å²) in [6, 6.07) is 11.8. The molecule has 2 aromatic rings. The number of ether oxygens (including phenoxy) is 1. The van der Waals surface area contributed by atoms with Crippen molar-refractivity contribution in [2.75, 3.05) is 19.4 Å². The highest BCUT2D eigenvalue weighted by Crippen LogP contribution is 2.31. The van der Waals surface area contributed by atoms with Crippen LogP contribution in [0, 0.1) is 0 Å². The molecule has 0 N–H and O–H groups in total. The van der Waals surface area contributed by atoms with Crippen LogP contribution in [-0.2, 0) is 10.0 Å². The lowest BCUT2D eigenvalue weighted by atomic mass is 9.98. The molecule has 0 radical (unpaired) electrons. The number of methoxy groups -OCH3 is 1. The van der Waals surface area contributed by atoms with Gasteiger partial charge in [0.15, 0.2) is 5.84 Å². The Morgan fingerprint density at radius 2 is 1.92 bits per heavy atom. The van der Waals surface area contributed by atoms with Crippen molar-refractivity contribution in [1.29, 1.82) is 0 Å². The Kier molecular flexibility index (Phi) is 4.25. The lowest BCUT2D eigenvalue weighted by Gasteiger charge is -2.26. The van der Waals surface area contributed by atoms with Gasteiger partial charge in [-0.2, -0.15) is 0 Å². The van der Waals surface area contributed by atoms with Gasteiger partial charge in [0.1, 0.15) is 5.75 Å². The molecule has 0 unspecified atom stereocenters. The summed E-state index contributed by atoms with van der Waals surface area (Å²) in [5.74, 6) is 1.27. The molecule has 2 aliphatic heterocycles. The van der Waals surface area contributed by atoms with E-state index in [-0.39, 0.29) is 5.75 Å². The van der Waals surface area contributed by atoms with E-state index in [1.807, 2.05) is 41.3 Å². The molecule has 0 aromatic heterocycles. The summed E-state index contributed by atoms with van der Waals surface area (Å²) in [7, 11) is -1.85. The number of sulfonamides is 1. The first-order valence-corrected chi connectivity index (χ1v) is 10.2. The topological polar surface area (TPSA) is 59.0 Å². The molecule has 0 bridgehead atoms. The van der Waals surface area contributed by atoms with Gasteiger partial charge in [0.05, 0.1) is 17.9 Å². The van der Waals surface area contributed by atoms with Crippen LogP contribution in [0.15, 0.2) is 58.1 Å². The summed E-state index contributed by atoms with van der Waals surface area (Å²) in [4.78, 5) is 1.82. The predicted molar refractivity (Wildman–Crippen MR) is 105 cm³/mol. The maximum absolute atomic E-state index is 12.2. The Hall–Kier alpha value is -2.31. The fourth-order valence-corrected chi connectivity index (χ4v) is 4.48.